The lowest BCUT2D eigenvalue weighted by atomic mass is 9.76. The average Bonchev–Trinajstić information content (AvgIpc) is 3.05. The summed E-state index contributed by atoms with van der Waals surface area (Å²) < 4.78 is 0. The minimum absolute atomic E-state index is 0.0767. The van der Waals surface area contributed by atoms with E-state index in [-0.39, 0.29) is 5.41 Å². The number of rotatable bonds is 2. The number of pyridine rings is 1. The predicted molar refractivity (Wildman–Crippen MR) is 84.2 cm³/mol. The first-order valence-corrected chi connectivity index (χ1v) is 7.74. The molecule has 0 bridgehead atoms. The van der Waals surface area contributed by atoms with Crippen molar-refractivity contribution >= 4 is 11.3 Å². The maximum Gasteiger partial charge on any atom is 0.0386 e. The first-order chi connectivity index (χ1) is 9.79. The Morgan fingerprint density at radius 2 is 1.80 bits per heavy atom. The molecule has 0 N–H and O–H groups in total. The fourth-order valence-electron chi connectivity index (χ4n) is 3.36. The van der Waals surface area contributed by atoms with Gasteiger partial charge in [0.2, 0.25) is 0 Å². The predicted octanol–water partition coefficient (Wildman–Crippen LogP) is 4.67. The van der Waals surface area contributed by atoms with Gasteiger partial charge in [0.1, 0.15) is 0 Å². The highest BCUT2D eigenvalue weighted by Crippen LogP contribution is 2.52. The second kappa shape index (κ2) is 4.29. The lowest BCUT2D eigenvalue weighted by Gasteiger charge is -2.26. The molecule has 0 aliphatic heterocycles. The fraction of sp³-hybridized carbons (Fsp3) is 0.167. The Balaban J connectivity index is 1.89. The van der Waals surface area contributed by atoms with Crippen molar-refractivity contribution in [3.8, 4) is 10.4 Å². The van der Waals surface area contributed by atoms with Crippen molar-refractivity contribution in [2.24, 2.45) is 0 Å². The molecule has 0 radical (unpaired) electrons. The van der Waals surface area contributed by atoms with Gasteiger partial charge in [-0.05, 0) is 52.3 Å². The minimum Gasteiger partial charge on any atom is -0.265 e. The Morgan fingerprint density at radius 3 is 2.65 bits per heavy atom. The molecule has 1 unspecified atom stereocenters. The van der Waals surface area contributed by atoms with Crippen LogP contribution in [-0.2, 0) is 11.8 Å². The number of aromatic nitrogens is 1. The summed E-state index contributed by atoms with van der Waals surface area (Å²) in [7, 11) is 0. The summed E-state index contributed by atoms with van der Waals surface area (Å²) in [4.78, 5) is 5.57. The molecule has 2 aromatic heterocycles. The third-order valence-electron chi connectivity index (χ3n) is 4.33. The number of nitrogens with zero attached hydrogens (tertiary/aromatic N) is 1. The Labute approximate surface area is 122 Å². The second-order valence-corrected chi connectivity index (χ2v) is 6.49. The van der Waals surface area contributed by atoms with E-state index >= 15 is 0 Å². The molecule has 1 aliphatic rings. The Hall–Kier alpha value is -1.93. The van der Waals surface area contributed by atoms with E-state index < -0.39 is 0 Å². The van der Waals surface area contributed by atoms with Gasteiger partial charge in [0, 0.05) is 22.7 Å². The Kier molecular flexibility index (Phi) is 2.54. The molecule has 1 atom stereocenters. The summed E-state index contributed by atoms with van der Waals surface area (Å²) in [5.41, 5.74) is 5.76. The van der Waals surface area contributed by atoms with Crippen LogP contribution in [0.3, 0.4) is 0 Å². The summed E-state index contributed by atoms with van der Waals surface area (Å²) in [5, 5.41) is 2.21. The van der Waals surface area contributed by atoms with E-state index in [1.165, 1.54) is 27.1 Å². The average molecular weight is 277 g/mol. The van der Waals surface area contributed by atoms with Gasteiger partial charge >= 0.3 is 0 Å². The van der Waals surface area contributed by atoms with Crippen LogP contribution in [0.4, 0.5) is 0 Å². The number of benzene rings is 1. The minimum atomic E-state index is 0.0767. The van der Waals surface area contributed by atoms with E-state index in [1.54, 1.807) is 0 Å². The molecule has 1 aromatic carbocycles. The van der Waals surface area contributed by atoms with Gasteiger partial charge < -0.3 is 0 Å². The molecule has 0 amide bonds. The molecule has 1 aliphatic carbocycles. The van der Waals surface area contributed by atoms with Crippen molar-refractivity contribution in [2.45, 2.75) is 18.8 Å². The van der Waals surface area contributed by atoms with E-state index in [4.69, 9.17) is 0 Å². The van der Waals surface area contributed by atoms with Crippen LogP contribution in [-0.4, -0.2) is 4.98 Å². The van der Waals surface area contributed by atoms with Gasteiger partial charge in [-0.1, -0.05) is 31.2 Å². The Morgan fingerprint density at radius 1 is 1.00 bits per heavy atom. The normalized spacial score (nSPS) is 19.6. The quantitative estimate of drug-likeness (QED) is 0.663. The summed E-state index contributed by atoms with van der Waals surface area (Å²) in [6.45, 7) is 2.37. The largest absolute Gasteiger partial charge is 0.265 e. The molecular formula is C18H15NS. The van der Waals surface area contributed by atoms with Gasteiger partial charge in [-0.15, -0.1) is 11.3 Å². The van der Waals surface area contributed by atoms with Gasteiger partial charge in [-0.3, -0.25) is 4.98 Å². The van der Waals surface area contributed by atoms with Crippen LogP contribution in [0.5, 0.6) is 0 Å². The summed E-state index contributed by atoms with van der Waals surface area (Å²) in [6, 6.07) is 15.4. The zero-order chi connectivity index (χ0) is 13.6. The van der Waals surface area contributed by atoms with Crippen LogP contribution in [0.25, 0.3) is 10.4 Å². The second-order valence-electron chi connectivity index (χ2n) is 5.57. The van der Waals surface area contributed by atoms with Gasteiger partial charge in [0.25, 0.3) is 0 Å². The molecule has 20 heavy (non-hydrogen) atoms. The maximum atomic E-state index is 4.12. The van der Waals surface area contributed by atoms with Crippen molar-refractivity contribution in [2.75, 3.05) is 0 Å². The first-order valence-electron chi connectivity index (χ1n) is 6.86. The van der Waals surface area contributed by atoms with Gasteiger partial charge in [0.15, 0.2) is 0 Å². The Bertz CT molecular complexity index is 760. The van der Waals surface area contributed by atoms with Crippen molar-refractivity contribution in [3.05, 3.63) is 76.9 Å². The molecule has 0 fully saturated rings. The van der Waals surface area contributed by atoms with E-state index in [0.29, 0.717) is 0 Å². The molecule has 2 heteroatoms. The zero-order valence-electron chi connectivity index (χ0n) is 11.3. The summed E-state index contributed by atoms with van der Waals surface area (Å²) in [6.07, 6.45) is 4.79. The third-order valence-corrected chi connectivity index (χ3v) is 5.28. The van der Waals surface area contributed by atoms with E-state index in [2.05, 4.69) is 59.8 Å². The highest BCUT2D eigenvalue weighted by Gasteiger charge is 2.39. The molecule has 0 spiro atoms. The molecule has 3 aromatic rings. The molecular weight excluding hydrogens is 262 g/mol. The smallest absolute Gasteiger partial charge is 0.0386 e. The number of fused-ring (bicyclic) bond motifs is 3. The molecule has 1 nitrogen and oxygen atoms in total. The van der Waals surface area contributed by atoms with Crippen LogP contribution < -0.4 is 0 Å². The van der Waals surface area contributed by atoms with Gasteiger partial charge in [-0.25, -0.2) is 0 Å². The summed E-state index contributed by atoms with van der Waals surface area (Å²) in [5.74, 6) is 0. The van der Waals surface area contributed by atoms with E-state index in [9.17, 15) is 0 Å². The monoisotopic (exact) mass is 277 g/mol. The number of hydrogen-bond acceptors (Lipinski definition) is 2. The standard InChI is InChI=1S/C18H15NS/c1-18(12-13-6-9-19-10-7-13)15-5-3-2-4-14(15)17-16(18)8-11-20-17/h2-11H,12H2,1H3. The number of hydrogen-bond donors (Lipinski definition) is 0. The zero-order valence-corrected chi connectivity index (χ0v) is 12.2. The van der Waals surface area contributed by atoms with Crippen LogP contribution >= 0.6 is 11.3 Å². The molecule has 98 valence electrons. The maximum absolute atomic E-state index is 4.12. The third kappa shape index (κ3) is 1.58. The van der Waals surface area contributed by atoms with E-state index in [0.717, 1.165) is 6.42 Å². The highest BCUT2D eigenvalue weighted by atomic mass is 32.1. The topological polar surface area (TPSA) is 12.9 Å². The van der Waals surface area contributed by atoms with Gasteiger partial charge in [-0.2, -0.15) is 0 Å². The lowest BCUT2D eigenvalue weighted by molar-refractivity contribution is 0.583. The van der Waals surface area contributed by atoms with Crippen LogP contribution in [0.1, 0.15) is 23.6 Å². The molecule has 4 rings (SSSR count). The highest BCUT2D eigenvalue weighted by molar-refractivity contribution is 7.13. The van der Waals surface area contributed by atoms with Crippen molar-refractivity contribution < 1.29 is 0 Å². The van der Waals surface area contributed by atoms with E-state index in [1.807, 2.05) is 23.7 Å². The van der Waals surface area contributed by atoms with Crippen molar-refractivity contribution in [1.29, 1.82) is 0 Å². The van der Waals surface area contributed by atoms with Crippen LogP contribution in [0, 0.1) is 0 Å². The van der Waals surface area contributed by atoms with Gasteiger partial charge in [0.05, 0.1) is 0 Å². The summed E-state index contributed by atoms with van der Waals surface area (Å²) >= 11 is 1.86. The lowest BCUT2D eigenvalue weighted by Crippen LogP contribution is -2.23. The molecule has 0 saturated heterocycles. The van der Waals surface area contributed by atoms with Crippen LogP contribution in [0.15, 0.2) is 60.2 Å². The number of thiophene rings is 1. The molecule has 2 heterocycles. The fourth-order valence-corrected chi connectivity index (χ4v) is 4.42. The van der Waals surface area contributed by atoms with Crippen LogP contribution in [0.2, 0.25) is 0 Å². The SMILES string of the molecule is CC1(Cc2ccncc2)c2ccccc2-c2sccc21. The van der Waals surface area contributed by atoms with Crippen molar-refractivity contribution in [3.63, 3.8) is 0 Å². The first kappa shape index (κ1) is 11.9. The molecule has 0 saturated carbocycles. The van der Waals surface area contributed by atoms with Crippen molar-refractivity contribution in [1.82, 2.24) is 4.98 Å².